The van der Waals surface area contributed by atoms with Gasteiger partial charge in [-0.1, -0.05) is 60.2 Å². The molecule has 1 amide bonds. The summed E-state index contributed by atoms with van der Waals surface area (Å²) in [4.78, 5) is 27.2. The summed E-state index contributed by atoms with van der Waals surface area (Å²) in [5, 5.41) is 10.7. The van der Waals surface area contributed by atoms with Gasteiger partial charge in [-0.15, -0.1) is 0 Å². The molecule has 4 nitrogen and oxygen atoms in total. The van der Waals surface area contributed by atoms with Crippen molar-refractivity contribution in [1.82, 2.24) is 0 Å². The van der Waals surface area contributed by atoms with Crippen molar-refractivity contribution in [2.24, 2.45) is 0 Å². The number of aryl methyl sites for hydroxylation is 2. The van der Waals surface area contributed by atoms with Gasteiger partial charge in [-0.25, -0.2) is 8.78 Å². The monoisotopic (exact) mass is 433 g/mol. The van der Waals surface area contributed by atoms with Crippen LogP contribution < -0.4 is 4.90 Å². The number of nitrogens with zero attached hydrogens (tertiary/aromatic N) is 1. The number of hydrogen-bond donors (Lipinski definition) is 1. The minimum absolute atomic E-state index is 0.0682. The minimum Gasteiger partial charge on any atom is -0.503 e. The smallest absolute Gasteiger partial charge is 0.294 e. The Hall–Kier alpha value is -3.80. The molecule has 1 N–H and O–H groups in total. The van der Waals surface area contributed by atoms with Gasteiger partial charge < -0.3 is 5.11 Å². The molecule has 6 heteroatoms. The second-order valence-electron chi connectivity index (χ2n) is 7.76. The first-order valence-corrected chi connectivity index (χ1v) is 10.2. The summed E-state index contributed by atoms with van der Waals surface area (Å²) in [7, 11) is 0. The Bertz CT molecular complexity index is 1220. The maximum atomic E-state index is 14.6. The van der Waals surface area contributed by atoms with Crippen molar-refractivity contribution in [2.75, 3.05) is 4.90 Å². The molecule has 3 aromatic rings. The summed E-state index contributed by atoms with van der Waals surface area (Å²) >= 11 is 0. The van der Waals surface area contributed by atoms with Crippen molar-refractivity contribution in [2.45, 2.75) is 25.8 Å². The number of amides is 1. The lowest BCUT2D eigenvalue weighted by molar-refractivity contribution is -0.118. The zero-order valence-corrected chi connectivity index (χ0v) is 17.4. The molecule has 0 saturated carbocycles. The van der Waals surface area contributed by atoms with E-state index in [9.17, 15) is 23.5 Å². The fourth-order valence-electron chi connectivity index (χ4n) is 4.01. The molecule has 4 rings (SSSR count). The molecule has 0 radical (unpaired) electrons. The molecule has 0 spiro atoms. The standard InChI is InChI=1S/C26H21F2NO3/c1-16-6-5-9-18(14-16)24-23(22(30)13-10-17-7-3-2-4-8-17)25(31)26(32)29(24)21-12-11-19(27)15-20(21)28/h2-9,11-12,14-15,24,31H,10,13H2,1H3. The molecule has 0 aliphatic carbocycles. The van der Waals surface area contributed by atoms with Crippen LogP contribution in [-0.2, 0) is 16.0 Å². The fraction of sp³-hybridized carbons (Fsp3) is 0.154. The van der Waals surface area contributed by atoms with E-state index in [4.69, 9.17) is 0 Å². The molecular weight excluding hydrogens is 412 g/mol. The predicted octanol–water partition coefficient (Wildman–Crippen LogP) is 5.38. The number of Topliss-reactive ketones (excluding diaryl/α,β-unsaturated/α-hetero) is 1. The number of halogens is 2. The van der Waals surface area contributed by atoms with E-state index in [0.717, 1.165) is 28.2 Å². The van der Waals surface area contributed by atoms with E-state index in [2.05, 4.69) is 0 Å². The lowest BCUT2D eigenvalue weighted by atomic mass is 9.92. The highest BCUT2D eigenvalue weighted by Crippen LogP contribution is 2.42. The third kappa shape index (κ3) is 4.04. The third-order valence-electron chi connectivity index (χ3n) is 5.52. The van der Waals surface area contributed by atoms with E-state index in [-0.39, 0.29) is 17.7 Å². The SMILES string of the molecule is Cc1cccc(C2C(C(=O)CCc3ccccc3)=C(O)C(=O)N2c2ccc(F)cc2F)c1. The number of carbonyl (C=O) groups is 2. The van der Waals surface area contributed by atoms with E-state index in [0.29, 0.717) is 18.1 Å². The summed E-state index contributed by atoms with van der Waals surface area (Å²) in [5.41, 5.74) is 2.07. The largest absolute Gasteiger partial charge is 0.503 e. The van der Waals surface area contributed by atoms with Crippen molar-refractivity contribution in [1.29, 1.82) is 0 Å². The zero-order valence-electron chi connectivity index (χ0n) is 17.4. The maximum absolute atomic E-state index is 14.6. The molecule has 162 valence electrons. The first kappa shape index (κ1) is 21.4. The summed E-state index contributed by atoms with van der Waals surface area (Å²) in [6, 6.07) is 18.3. The van der Waals surface area contributed by atoms with Gasteiger partial charge in [-0.3, -0.25) is 14.5 Å². The molecule has 1 aliphatic rings. The van der Waals surface area contributed by atoms with Gasteiger partial charge in [0.25, 0.3) is 5.91 Å². The van der Waals surface area contributed by atoms with E-state index < -0.39 is 35.1 Å². The summed E-state index contributed by atoms with van der Waals surface area (Å²) in [5.74, 6) is -3.76. The molecule has 0 bridgehead atoms. The Labute approximate surface area is 184 Å². The highest BCUT2D eigenvalue weighted by atomic mass is 19.1. The van der Waals surface area contributed by atoms with Gasteiger partial charge in [0.2, 0.25) is 0 Å². The van der Waals surface area contributed by atoms with Crippen LogP contribution in [0, 0.1) is 18.6 Å². The third-order valence-corrected chi connectivity index (χ3v) is 5.52. The fourth-order valence-corrected chi connectivity index (χ4v) is 4.01. The van der Waals surface area contributed by atoms with Crippen LogP contribution in [0.1, 0.15) is 29.2 Å². The lowest BCUT2D eigenvalue weighted by Crippen LogP contribution is -2.32. The van der Waals surface area contributed by atoms with Gasteiger partial charge >= 0.3 is 0 Å². The van der Waals surface area contributed by atoms with E-state index in [1.54, 1.807) is 18.2 Å². The second kappa shape index (κ2) is 8.75. The van der Waals surface area contributed by atoms with Gasteiger partial charge in [0, 0.05) is 12.5 Å². The topological polar surface area (TPSA) is 57.6 Å². The number of benzene rings is 3. The number of rotatable bonds is 6. The van der Waals surface area contributed by atoms with Crippen molar-refractivity contribution < 1.29 is 23.5 Å². The number of anilines is 1. The lowest BCUT2D eigenvalue weighted by Gasteiger charge is -2.27. The van der Waals surface area contributed by atoms with E-state index in [1.165, 1.54) is 0 Å². The molecule has 1 aliphatic heterocycles. The average molecular weight is 433 g/mol. The Morgan fingerprint density at radius 1 is 1.00 bits per heavy atom. The van der Waals surface area contributed by atoms with Crippen LogP contribution in [-0.4, -0.2) is 16.8 Å². The number of hydrogen-bond acceptors (Lipinski definition) is 3. The van der Waals surface area contributed by atoms with Gasteiger partial charge in [-0.2, -0.15) is 0 Å². The average Bonchev–Trinajstić information content (AvgIpc) is 3.04. The maximum Gasteiger partial charge on any atom is 0.294 e. The predicted molar refractivity (Wildman–Crippen MR) is 117 cm³/mol. The Morgan fingerprint density at radius 3 is 2.44 bits per heavy atom. The molecule has 0 aromatic heterocycles. The van der Waals surface area contributed by atoms with Crippen LogP contribution in [0.3, 0.4) is 0 Å². The summed E-state index contributed by atoms with van der Waals surface area (Å²) < 4.78 is 28.1. The molecule has 1 heterocycles. The second-order valence-corrected chi connectivity index (χ2v) is 7.76. The number of ketones is 1. The molecular formula is C26H21F2NO3. The Kier molecular flexibility index (Phi) is 5.86. The normalized spacial score (nSPS) is 16.0. The Balaban J connectivity index is 1.76. The minimum atomic E-state index is -1.02. The summed E-state index contributed by atoms with van der Waals surface area (Å²) in [6.07, 6.45) is 0.495. The first-order valence-electron chi connectivity index (χ1n) is 10.2. The van der Waals surface area contributed by atoms with Crippen LogP contribution in [0.15, 0.2) is 84.1 Å². The number of carbonyl (C=O) groups excluding carboxylic acids is 2. The van der Waals surface area contributed by atoms with E-state index in [1.807, 2.05) is 43.3 Å². The molecule has 1 unspecified atom stereocenters. The highest BCUT2D eigenvalue weighted by Gasteiger charge is 2.45. The number of aliphatic hydroxyl groups is 1. The molecule has 32 heavy (non-hydrogen) atoms. The van der Waals surface area contributed by atoms with Crippen molar-refractivity contribution >= 4 is 17.4 Å². The first-order chi connectivity index (χ1) is 15.4. The van der Waals surface area contributed by atoms with Crippen LogP contribution in [0.4, 0.5) is 14.5 Å². The van der Waals surface area contributed by atoms with Gasteiger partial charge in [0.05, 0.1) is 17.3 Å². The quantitative estimate of drug-likeness (QED) is 0.568. The van der Waals surface area contributed by atoms with Crippen LogP contribution in [0.2, 0.25) is 0 Å². The van der Waals surface area contributed by atoms with Crippen LogP contribution >= 0.6 is 0 Å². The molecule has 0 saturated heterocycles. The molecule has 0 fully saturated rings. The van der Waals surface area contributed by atoms with Gasteiger partial charge in [-0.05, 0) is 36.6 Å². The van der Waals surface area contributed by atoms with Crippen LogP contribution in [0.25, 0.3) is 0 Å². The molecule has 3 aromatic carbocycles. The Morgan fingerprint density at radius 2 is 1.75 bits per heavy atom. The van der Waals surface area contributed by atoms with Gasteiger partial charge in [0.1, 0.15) is 11.6 Å². The van der Waals surface area contributed by atoms with Crippen molar-refractivity contribution in [3.05, 3.63) is 112 Å². The number of aliphatic hydroxyl groups excluding tert-OH is 1. The van der Waals surface area contributed by atoms with E-state index >= 15 is 0 Å². The van der Waals surface area contributed by atoms with Crippen LogP contribution in [0.5, 0.6) is 0 Å². The van der Waals surface area contributed by atoms with Crippen molar-refractivity contribution in [3.63, 3.8) is 0 Å². The van der Waals surface area contributed by atoms with Crippen molar-refractivity contribution in [3.8, 4) is 0 Å². The zero-order chi connectivity index (χ0) is 22.8. The highest BCUT2D eigenvalue weighted by molar-refractivity contribution is 6.16. The summed E-state index contributed by atoms with van der Waals surface area (Å²) in [6.45, 7) is 1.85. The van der Waals surface area contributed by atoms with Gasteiger partial charge in [0.15, 0.2) is 11.5 Å². The molecule has 1 atom stereocenters.